The number of esters is 1. The minimum atomic E-state index is -1.09. The lowest BCUT2D eigenvalue weighted by molar-refractivity contribution is -0.136. The highest BCUT2D eigenvalue weighted by Gasteiger charge is 2.21. The van der Waals surface area contributed by atoms with E-state index in [9.17, 15) is 19.2 Å². The number of ether oxygens (including phenoxy) is 1. The van der Waals surface area contributed by atoms with Gasteiger partial charge in [-0.15, -0.1) is 0 Å². The zero-order chi connectivity index (χ0) is 27.2. The van der Waals surface area contributed by atoms with E-state index in [4.69, 9.17) is 4.74 Å². The fourth-order valence-electron chi connectivity index (χ4n) is 3.56. The Kier molecular flexibility index (Phi) is 7.97. The second-order valence-corrected chi connectivity index (χ2v) is 8.85. The molecule has 192 valence electrons. The molecular formula is C27H22BrN5O5. The first-order valence-corrected chi connectivity index (χ1v) is 12.1. The van der Waals surface area contributed by atoms with Crippen LogP contribution < -0.4 is 21.0 Å². The molecule has 0 aliphatic rings. The van der Waals surface area contributed by atoms with E-state index in [-0.39, 0.29) is 11.4 Å². The molecule has 0 bridgehead atoms. The third kappa shape index (κ3) is 5.62. The molecule has 1 aromatic heterocycles. The van der Waals surface area contributed by atoms with E-state index in [0.717, 1.165) is 0 Å². The van der Waals surface area contributed by atoms with Gasteiger partial charge in [-0.2, -0.15) is 5.10 Å². The number of nitrogens with one attached hydrogen (secondary N) is 2. The standard InChI is InChI=1S/C27H22BrN5O5/c1-17-23(26(36)33(32(17)2)19-11-4-3-5-12-19)30-24(34)25(35)31-29-16-18-10-6-9-15-22(18)38-27(37)20-13-7-8-14-21(20)28/h3-16H,1-2H3,(H,30,34)(H,31,35)/b29-16+. The molecule has 0 unspecified atom stereocenters. The molecule has 11 heteroatoms. The summed E-state index contributed by atoms with van der Waals surface area (Å²) in [5.41, 5.74) is 3.41. The van der Waals surface area contributed by atoms with Gasteiger partial charge in [0.1, 0.15) is 11.4 Å². The fourth-order valence-corrected chi connectivity index (χ4v) is 4.00. The Morgan fingerprint density at radius 3 is 2.32 bits per heavy atom. The molecule has 0 saturated heterocycles. The molecule has 4 aromatic rings. The molecule has 3 aromatic carbocycles. The van der Waals surface area contributed by atoms with Crippen LogP contribution >= 0.6 is 15.9 Å². The monoisotopic (exact) mass is 575 g/mol. The number of anilines is 1. The van der Waals surface area contributed by atoms with Crippen LogP contribution in [0.3, 0.4) is 0 Å². The van der Waals surface area contributed by atoms with E-state index >= 15 is 0 Å². The van der Waals surface area contributed by atoms with Crippen LogP contribution in [0, 0.1) is 6.92 Å². The van der Waals surface area contributed by atoms with Crippen molar-refractivity contribution < 1.29 is 19.1 Å². The number of hydrogen-bond acceptors (Lipinski definition) is 6. The second kappa shape index (κ2) is 11.5. The summed E-state index contributed by atoms with van der Waals surface area (Å²) in [5.74, 6) is -2.53. The highest BCUT2D eigenvalue weighted by atomic mass is 79.9. The zero-order valence-electron chi connectivity index (χ0n) is 20.3. The Morgan fingerprint density at radius 2 is 1.58 bits per heavy atom. The number of carbonyl (C=O) groups is 3. The van der Waals surface area contributed by atoms with Gasteiger partial charge in [0, 0.05) is 17.1 Å². The Labute approximate surface area is 225 Å². The molecule has 2 N–H and O–H groups in total. The number of hydrazone groups is 1. The van der Waals surface area contributed by atoms with Gasteiger partial charge in [0.2, 0.25) is 0 Å². The summed E-state index contributed by atoms with van der Waals surface area (Å²) in [5, 5.41) is 6.17. The Morgan fingerprint density at radius 1 is 0.921 bits per heavy atom. The normalized spacial score (nSPS) is 10.8. The first-order chi connectivity index (χ1) is 18.3. The average Bonchev–Trinajstić information content (AvgIpc) is 3.13. The van der Waals surface area contributed by atoms with Gasteiger partial charge in [-0.05, 0) is 59.3 Å². The Hall–Kier alpha value is -4.77. The van der Waals surface area contributed by atoms with E-state index in [1.807, 2.05) is 6.07 Å². The molecule has 0 aliphatic carbocycles. The predicted octanol–water partition coefficient (Wildman–Crippen LogP) is 3.55. The summed E-state index contributed by atoms with van der Waals surface area (Å²) in [6.45, 7) is 1.65. The van der Waals surface area contributed by atoms with E-state index < -0.39 is 23.3 Å². The van der Waals surface area contributed by atoms with Crippen molar-refractivity contribution in [3.63, 3.8) is 0 Å². The van der Waals surface area contributed by atoms with E-state index in [2.05, 4.69) is 31.8 Å². The number of para-hydroxylation sites is 2. The largest absolute Gasteiger partial charge is 0.422 e. The van der Waals surface area contributed by atoms with Gasteiger partial charge in [-0.3, -0.25) is 19.1 Å². The number of halogens is 1. The molecule has 0 spiro atoms. The molecule has 10 nitrogen and oxygen atoms in total. The first kappa shape index (κ1) is 26.3. The highest BCUT2D eigenvalue weighted by molar-refractivity contribution is 9.10. The van der Waals surface area contributed by atoms with Crippen molar-refractivity contribution in [2.45, 2.75) is 6.92 Å². The summed E-state index contributed by atoms with van der Waals surface area (Å²) in [6, 6.07) is 22.3. The van der Waals surface area contributed by atoms with Gasteiger partial charge in [0.05, 0.1) is 23.2 Å². The fraction of sp³-hybridized carbons (Fsp3) is 0.0741. The quantitative estimate of drug-likeness (QED) is 0.120. The van der Waals surface area contributed by atoms with E-state index in [0.29, 0.717) is 27.0 Å². The molecule has 0 radical (unpaired) electrons. The topological polar surface area (TPSA) is 124 Å². The summed E-state index contributed by atoms with van der Waals surface area (Å²) in [6.07, 6.45) is 1.24. The molecule has 38 heavy (non-hydrogen) atoms. The van der Waals surface area contributed by atoms with Crippen LogP contribution in [0.15, 0.2) is 93.2 Å². The van der Waals surface area contributed by atoms with Crippen LogP contribution in [0.5, 0.6) is 5.75 Å². The lowest BCUT2D eigenvalue weighted by Gasteiger charge is -2.08. The van der Waals surface area contributed by atoms with E-state index in [1.54, 1.807) is 91.4 Å². The average molecular weight is 576 g/mol. The van der Waals surface area contributed by atoms with Gasteiger partial charge in [0.15, 0.2) is 0 Å². The van der Waals surface area contributed by atoms with Gasteiger partial charge in [-0.25, -0.2) is 14.9 Å². The summed E-state index contributed by atoms with van der Waals surface area (Å²) >= 11 is 3.31. The maximum absolute atomic E-state index is 12.9. The Bertz CT molecular complexity index is 1610. The smallest absolute Gasteiger partial charge is 0.344 e. The number of carbonyl (C=O) groups excluding carboxylic acids is 3. The molecule has 0 saturated carbocycles. The van der Waals surface area contributed by atoms with E-state index in [1.165, 1.54) is 10.9 Å². The van der Waals surface area contributed by atoms with Gasteiger partial charge >= 0.3 is 17.8 Å². The van der Waals surface area contributed by atoms with Crippen molar-refractivity contribution in [2.24, 2.45) is 12.1 Å². The SMILES string of the molecule is Cc1c(NC(=O)C(=O)N/N=C/c2ccccc2OC(=O)c2ccccc2Br)c(=O)n(-c2ccccc2)n1C. The maximum atomic E-state index is 12.9. The summed E-state index contributed by atoms with van der Waals surface area (Å²) in [7, 11) is 1.67. The minimum Gasteiger partial charge on any atom is -0.422 e. The van der Waals surface area contributed by atoms with Crippen molar-refractivity contribution >= 4 is 45.6 Å². The van der Waals surface area contributed by atoms with Crippen molar-refractivity contribution in [1.82, 2.24) is 14.8 Å². The van der Waals surface area contributed by atoms with Crippen LogP contribution in [-0.2, 0) is 16.6 Å². The highest BCUT2D eigenvalue weighted by Crippen LogP contribution is 2.21. The van der Waals surface area contributed by atoms with Crippen LogP contribution in [-0.4, -0.2) is 33.4 Å². The number of hydrogen-bond donors (Lipinski definition) is 2. The lowest BCUT2D eigenvalue weighted by atomic mass is 10.2. The van der Waals surface area contributed by atoms with Crippen LogP contribution in [0.25, 0.3) is 5.69 Å². The number of nitrogens with zero attached hydrogens (tertiary/aromatic N) is 3. The van der Waals surface area contributed by atoms with Crippen LogP contribution in [0.1, 0.15) is 21.6 Å². The van der Waals surface area contributed by atoms with Crippen molar-refractivity contribution in [3.05, 3.63) is 111 Å². The zero-order valence-corrected chi connectivity index (χ0v) is 21.9. The maximum Gasteiger partial charge on any atom is 0.344 e. The predicted molar refractivity (Wildman–Crippen MR) is 146 cm³/mol. The summed E-state index contributed by atoms with van der Waals surface area (Å²) < 4.78 is 9.02. The Balaban J connectivity index is 1.44. The van der Waals surface area contributed by atoms with Gasteiger partial charge in [0.25, 0.3) is 5.56 Å². The van der Waals surface area contributed by atoms with Gasteiger partial charge < -0.3 is 10.1 Å². The summed E-state index contributed by atoms with van der Waals surface area (Å²) in [4.78, 5) is 50.3. The first-order valence-electron chi connectivity index (χ1n) is 11.3. The van der Waals surface area contributed by atoms with Crippen molar-refractivity contribution in [1.29, 1.82) is 0 Å². The molecular weight excluding hydrogens is 554 g/mol. The molecule has 0 fully saturated rings. The molecule has 0 aliphatic heterocycles. The lowest BCUT2D eigenvalue weighted by Crippen LogP contribution is -2.34. The number of benzene rings is 3. The third-order valence-electron chi connectivity index (χ3n) is 5.58. The van der Waals surface area contributed by atoms with Crippen molar-refractivity contribution in [3.8, 4) is 11.4 Å². The molecule has 4 rings (SSSR count). The number of rotatable bonds is 6. The third-order valence-corrected chi connectivity index (χ3v) is 6.28. The molecule has 2 amide bonds. The van der Waals surface area contributed by atoms with Crippen LogP contribution in [0.4, 0.5) is 5.69 Å². The molecule has 0 atom stereocenters. The second-order valence-electron chi connectivity index (χ2n) is 8.00. The van der Waals surface area contributed by atoms with Crippen molar-refractivity contribution in [2.75, 3.05) is 5.32 Å². The van der Waals surface area contributed by atoms with Gasteiger partial charge in [-0.1, -0.05) is 42.5 Å². The molecule has 1 heterocycles. The minimum absolute atomic E-state index is 0.0233. The number of amides is 2. The number of aromatic nitrogens is 2. The van der Waals surface area contributed by atoms with Crippen LogP contribution in [0.2, 0.25) is 0 Å².